The van der Waals surface area contributed by atoms with Gasteiger partial charge < -0.3 is 9.88 Å². The van der Waals surface area contributed by atoms with Crippen molar-refractivity contribution in [3.8, 4) is 0 Å². The fraction of sp³-hybridized carbons (Fsp3) is 0.370. The first-order valence-corrected chi connectivity index (χ1v) is 13.9. The van der Waals surface area contributed by atoms with Gasteiger partial charge >= 0.3 is 10.2 Å². The van der Waals surface area contributed by atoms with Crippen LogP contribution in [0.3, 0.4) is 0 Å². The van der Waals surface area contributed by atoms with Gasteiger partial charge in [-0.2, -0.15) is 12.7 Å². The molecule has 0 radical (unpaired) electrons. The number of aromatic amines is 1. The van der Waals surface area contributed by atoms with Gasteiger partial charge in [0.15, 0.2) is 0 Å². The van der Waals surface area contributed by atoms with Crippen LogP contribution in [-0.4, -0.2) is 68.3 Å². The molecular weight excluding hydrogens is 493 g/mol. The lowest BCUT2D eigenvalue weighted by molar-refractivity contribution is -0.107. The van der Waals surface area contributed by atoms with E-state index < -0.39 is 10.2 Å². The molecule has 0 saturated heterocycles. The number of nitrogens with zero attached hydrogens (tertiary/aromatic N) is 4. The highest BCUT2D eigenvalue weighted by Gasteiger charge is 2.38. The molecule has 1 aromatic heterocycles. The molecule has 0 fully saturated rings. The summed E-state index contributed by atoms with van der Waals surface area (Å²) in [6, 6.07) is 10.1. The third kappa shape index (κ3) is 4.76. The third-order valence-corrected chi connectivity index (χ3v) is 9.36. The molecule has 0 atom stereocenters. The number of rotatable bonds is 7. The number of nitrogens with one attached hydrogen (secondary N) is 1. The predicted molar refractivity (Wildman–Crippen MR) is 145 cm³/mol. The van der Waals surface area contributed by atoms with Gasteiger partial charge in [0, 0.05) is 74.2 Å². The van der Waals surface area contributed by atoms with Gasteiger partial charge in [-0.25, -0.2) is 4.39 Å². The first-order valence-electron chi connectivity index (χ1n) is 12.5. The average molecular weight is 526 g/mol. The van der Waals surface area contributed by atoms with E-state index in [1.54, 1.807) is 25.2 Å². The Hall–Kier alpha value is -3.21. The first kappa shape index (κ1) is 25.4. The Morgan fingerprint density at radius 1 is 1.16 bits per heavy atom. The van der Waals surface area contributed by atoms with Gasteiger partial charge in [0.1, 0.15) is 5.82 Å². The zero-order valence-corrected chi connectivity index (χ0v) is 22.1. The number of fused-ring (bicyclic) bond motifs is 2. The van der Waals surface area contributed by atoms with Crippen molar-refractivity contribution in [2.24, 2.45) is 0 Å². The van der Waals surface area contributed by atoms with Gasteiger partial charge in [0.2, 0.25) is 6.41 Å². The molecule has 0 unspecified atom stereocenters. The summed E-state index contributed by atoms with van der Waals surface area (Å²) in [7, 11) is -2.00. The van der Waals surface area contributed by atoms with Crippen LogP contribution in [0.2, 0.25) is 0 Å². The number of anilines is 2. The topological polar surface area (TPSA) is 80.0 Å². The molecule has 0 aliphatic carbocycles. The van der Waals surface area contributed by atoms with Crippen molar-refractivity contribution in [2.45, 2.75) is 32.9 Å². The van der Waals surface area contributed by atoms with Gasteiger partial charge in [-0.1, -0.05) is 6.08 Å². The summed E-state index contributed by atoms with van der Waals surface area (Å²) >= 11 is 0. The lowest BCUT2D eigenvalue weighted by Gasteiger charge is -2.40. The number of hydrogen-bond acceptors (Lipinski definition) is 4. The van der Waals surface area contributed by atoms with Crippen molar-refractivity contribution in [3.05, 3.63) is 65.6 Å². The molecule has 1 amide bonds. The van der Waals surface area contributed by atoms with Crippen LogP contribution in [0.25, 0.3) is 16.5 Å². The van der Waals surface area contributed by atoms with Crippen LogP contribution in [0.5, 0.6) is 0 Å². The second-order valence-electron chi connectivity index (χ2n) is 9.92. The van der Waals surface area contributed by atoms with Crippen LogP contribution < -0.4 is 9.21 Å². The van der Waals surface area contributed by atoms with E-state index in [-0.39, 0.29) is 18.4 Å². The molecule has 2 aliphatic rings. The van der Waals surface area contributed by atoms with Crippen LogP contribution >= 0.6 is 0 Å². The van der Waals surface area contributed by atoms with E-state index in [1.807, 2.05) is 26.1 Å². The summed E-state index contributed by atoms with van der Waals surface area (Å²) in [5.74, 6) is -0.262. The standard InChI is InChI=1S/C27H32FN5O3S/c1-19(2)33-17-21-14-23(30(3)18-34)5-7-27(21)32(37(33,35)36)13-12-31-10-8-20(9-11-31)25-16-29-26-15-22(28)4-6-24(25)26/h4-8,14-16,18-19,29H,9-13,17H2,1-3H3. The van der Waals surface area contributed by atoms with Crippen LogP contribution in [0.1, 0.15) is 31.4 Å². The number of halogens is 1. The minimum atomic E-state index is -3.68. The minimum absolute atomic E-state index is 0.196. The van der Waals surface area contributed by atoms with E-state index in [0.717, 1.165) is 47.1 Å². The van der Waals surface area contributed by atoms with Crippen molar-refractivity contribution in [2.75, 3.05) is 42.4 Å². The van der Waals surface area contributed by atoms with Crippen molar-refractivity contribution in [1.29, 1.82) is 0 Å². The largest absolute Gasteiger partial charge is 0.360 e. The Kier molecular flexibility index (Phi) is 6.82. The second-order valence-corrected chi connectivity index (χ2v) is 11.7. The number of benzene rings is 2. The van der Waals surface area contributed by atoms with Crippen molar-refractivity contribution in [1.82, 2.24) is 14.2 Å². The third-order valence-electron chi connectivity index (χ3n) is 7.28. The van der Waals surface area contributed by atoms with Crippen molar-refractivity contribution >= 4 is 44.5 Å². The summed E-state index contributed by atoms with van der Waals surface area (Å²) < 4.78 is 43.7. The number of carbonyl (C=O) groups excluding carboxylic acids is 1. The molecule has 5 rings (SSSR count). The molecule has 2 aromatic carbocycles. The molecule has 1 N–H and O–H groups in total. The molecule has 8 nitrogen and oxygen atoms in total. The summed E-state index contributed by atoms with van der Waals surface area (Å²) in [6.07, 6.45) is 5.68. The summed E-state index contributed by atoms with van der Waals surface area (Å²) in [5.41, 5.74) is 5.36. The van der Waals surface area contributed by atoms with E-state index in [1.165, 1.54) is 31.2 Å². The lowest BCUT2D eigenvalue weighted by Crippen LogP contribution is -2.52. The molecule has 196 valence electrons. The molecule has 2 aliphatic heterocycles. The van der Waals surface area contributed by atoms with Gasteiger partial charge in [0.25, 0.3) is 0 Å². The highest BCUT2D eigenvalue weighted by Crippen LogP contribution is 2.36. The minimum Gasteiger partial charge on any atom is -0.360 e. The predicted octanol–water partition coefficient (Wildman–Crippen LogP) is 3.96. The number of aromatic nitrogens is 1. The zero-order chi connectivity index (χ0) is 26.3. The number of amides is 1. The second kappa shape index (κ2) is 9.92. The quantitative estimate of drug-likeness (QED) is 0.474. The van der Waals surface area contributed by atoms with Crippen LogP contribution in [-0.2, 0) is 21.5 Å². The Balaban J connectivity index is 1.34. The molecule has 0 spiro atoms. The number of hydrogen-bond donors (Lipinski definition) is 1. The fourth-order valence-corrected chi connectivity index (χ4v) is 6.99. The Labute approximate surface area is 217 Å². The molecule has 3 aromatic rings. The van der Waals surface area contributed by atoms with E-state index in [2.05, 4.69) is 16.0 Å². The Bertz CT molecular complexity index is 1470. The summed E-state index contributed by atoms with van der Waals surface area (Å²) in [4.78, 5) is 18.1. The van der Waals surface area contributed by atoms with Crippen molar-refractivity contribution in [3.63, 3.8) is 0 Å². The van der Waals surface area contributed by atoms with E-state index in [9.17, 15) is 17.6 Å². The normalized spacial score (nSPS) is 18.2. The smallest absolute Gasteiger partial charge is 0.304 e. The Morgan fingerprint density at radius 2 is 1.97 bits per heavy atom. The van der Waals surface area contributed by atoms with E-state index in [4.69, 9.17) is 0 Å². The molecule has 0 bridgehead atoms. The first-order chi connectivity index (χ1) is 17.7. The highest BCUT2D eigenvalue weighted by atomic mass is 32.2. The summed E-state index contributed by atoms with van der Waals surface area (Å²) in [6.45, 7) is 6.45. The molecule has 3 heterocycles. The highest BCUT2D eigenvalue weighted by molar-refractivity contribution is 7.90. The van der Waals surface area contributed by atoms with Gasteiger partial charge in [-0.3, -0.25) is 14.0 Å². The SMILES string of the molecule is CC(C)N1Cc2cc(N(C)C=O)ccc2N(CCN2CC=C(c3c[nH]c4cc(F)ccc34)CC2)S1(=O)=O. The number of carbonyl (C=O) groups is 1. The fourth-order valence-electron chi connectivity index (χ4n) is 5.16. The maximum atomic E-state index is 13.6. The van der Waals surface area contributed by atoms with Gasteiger partial charge in [0.05, 0.1) is 5.69 Å². The Morgan fingerprint density at radius 3 is 2.68 bits per heavy atom. The molecule has 37 heavy (non-hydrogen) atoms. The summed E-state index contributed by atoms with van der Waals surface area (Å²) in [5, 5.41) is 1.01. The van der Waals surface area contributed by atoms with Crippen LogP contribution in [0.15, 0.2) is 48.7 Å². The molecule has 0 saturated carbocycles. The lowest BCUT2D eigenvalue weighted by atomic mass is 9.99. The monoisotopic (exact) mass is 525 g/mol. The molecular formula is C27H32FN5O3S. The van der Waals surface area contributed by atoms with Crippen molar-refractivity contribution < 1.29 is 17.6 Å². The van der Waals surface area contributed by atoms with Gasteiger partial charge in [-0.05, 0) is 67.8 Å². The van der Waals surface area contributed by atoms with E-state index in [0.29, 0.717) is 25.3 Å². The van der Waals surface area contributed by atoms with Crippen LogP contribution in [0, 0.1) is 5.82 Å². The molecule has 10 heteroatoms. The number of H-pyrrole nitrogens is 1. The zero-order valence-electron chi connectivity index (χ0n) is 21.3. The average Bonchev–Trinajstić information content (AvgIpc) is 3.30. The van der Waals surface area contributed by atoms with Gasteiger partial charge in [-0.15, -0.1) is 0 Å². The van der Waals surface area contributed by atoms with E-state index >= 15 is 0 Å². The maximum Gasteiger partial charge on any atom is 0.304 e. The maximum absolute atomic E-state index is 13.6. The van der Waals surface area contributed by atoms with Crippen LogP contribution in [0.4, 0.5) is 15.8 Å².